The molecule has 3 saturated carbocycles. The van der Waals surface area contributed by atoms with E-state index in [1.165, 1.54) is 38.5 Å². The van der Waals surface area contributed by atoms with E-state index >= 15 is 0 Å². The van der Waals surface area contributed by atoms with Gasteiger partial charge >= 0.3 is 0 Å². The van der Waals surface area contributed by atoms with Crippen molar-refractivity contribution in [1.29, 1.82) is 0 Å². The van der Waals surface area contributed by atoms with Crippen LogP contribution in [0.1, 0.15) is 90.4 Å². The molecule has 3 aliphatic rings. The summed E-state index contributed by atoms with van der Waals surface area (Å²) in [7, 11) is 0. The van der Waals surface area contributed by atoms with Gasteiger partial charge in [0.25, 0.3) is 0 Å². The van der Waals surface area contributed by atoms with Crippen LogP contribution in [-0.4, -0.2) is 0 Å². The minimum atomic E-state index is 0.777. The molecule has 0 heteroatoms. The summed E-state index contributed by atoms with van der Waals surface area (Å²) in [6.45, 7) is 2.50. The third kappa shape index (κ3) is 2.25. The monoisotopic (exact) mass is 248 g/mol. The fourth-order valence-electron chi connectivity index (χ4n) is 5.94. The first-order valence-corrected chi connectivity index (χ1v) is 8.86. The Labute approximate surface area is 114 Å². The third-order valence-electron chi connectivity index (χ3n) is 6.91. The zero-order valence-electron chi connectivity index (χ0n) is 12.4. The molecule has 0 aromatic heterocycles. The summed E-state index contributed by atoms with van der Waals surface area (Å²) < 4.78 is 0. The van der Waals surface area contributed by atoms with E-state index in [0.717, 1.165) is 23.2 Å². The van der Waals surface area contributed by atoms with E-state index in [1.807, 2.05) is 0 Å². The maximum absolute atomic E-state index is 2.50. The SMILES string of the molecule is CCC1(C2CCCC3CCCCC32)CCCCC1. The first-order valence-electron chi connectivity index (χ1n) is 8.86. The molecular weight excluding hydrogens is 216 g/mol. The van der Waals surface area contributed by atoms with Crippen molar-refractivity contribution in [2.24, 2.45) is 23.2 Å². The highest BCUT2D eigenvalue weighted by molar-refractivity contribution is 4.96. The minimum Gasteiger partial charge on any atom is -0.0648 e. The van der Waals surface area contributed by atoms with Gasteiger partial charge in [-0.25, -0.2) is 0 Å². The molecule has 0 heterocycles. The van der Waals surface area contributed by atoms with Crippen LogP contribution in [0.5, 0.6) is 0 Å². The Balaban J connectivity index is 1.79. The quantitative estimate of drug-likeness (QED) is 0.566. The predicted molar refractivity (Wildman–Crippen MR) is 78.6 cm³/mol. The van der Waals surface area contributed by atoms with Crippen molar-refractivity contribution in [3.63, 3.8) is 0 Å². The zero-order valence-corrected chi connectivity index (χ0v) is 12.4. The normalized spacial score (nSPS) is 40.2. The molecule has 104 valence electrons. The smallest absolute Gasteiger partial charge is 0.0269 e. The lowest BCUT2D eigenvalue weighted by Crippen LogP contribution is -2.43. The van der Waals surface area contributed by atoms with Gasteiger partial charge in [0.05, 0.1) is 0 Å². The number of hydrogen-bond acceptors (Lipinski definition) is 0. The van der Waals surface area contributed by atoms with Crippen LogP contribution in [0, 0.1) is 23.2 Å². The van der Waals surface area contributed by atoms with Gasteiger partial charge in [0.15, 0.2) is 0 Å². The van der Waals surface area contributed by atoms with Crippen molar-refractivity contribution >= 4 is 0 Å². The average Bonchev–Trinajstić information content (AvgIpc) is 2.47. The highest BCUT2D eigenvalue weighted by Crippen LogP contribution is 2.56. The first kappa shape index (κ1) is 13.0. The van der Waals surface area contributed by atoms with Gasteiger partial charge < -0.3 is 0 Å². The average molecular weight is 248 g/mol. The van der Waals surface area contributed by atoms with Crippen LogP contribution in [0.2, 0.25) is 0 Å². The second-order valence-electron chi connectivity index (χ2n) is 7.52. The molecule has 0 radical (unpaired) electrons. The van der Waals surface area contributed by atoms with Crippen molar-refractivity contribution in [2.75, 3.05) is 0 Å². The number of rotatable bonds is 2. The Kier molecular flexibility index (Phi) is 4.01. The van der Waals surface area contributed by atoms with Crippen LogP contribution in [0.25, 0.3) is 0 Å². The Morgan fingerprint density at radius 1 is 0.778 bits per heavy atom. The first-order chi connectivity index (χ1) is 8.86. The zero-order chi connectivity index (χ0) is 12.4. The molecule has 0 aromatic rings. The molecule has 0 amide bonds. The number of hydrogen-bond donors (Lipinski definition) is 0. The van der Waals surface area contributed by atoms with E-state index in [9.17, 15) is 0 Å². The molecule has 3 aliphatic carbocycles. The van der Waals surface area contributed by atoms with Gasteiger partial charge in [-0.2, -0.15) is 0 Å². The summed E-state index contributed by atoms with van der Waals surface area (Å²) in [5, 5.41) is 0. The molecule has 3 fully saturated rings. The summed E-state index contributed by atoms with van der Waals surface area (Å²) in [6.07, 6.45) is 20.1. The third-order valence-corrected chi connectivity index (χ3v) is 6.91. The van der Waals surface area contributed by atoms with Crippen molar-refractivity contribution < 1.29 is 0 Å². The van der Waals surface area contributed by atoms with Gasteiger partial charge in [0, 0.05) is 0 Å². The highest BCUT2D eigenvalue weighted by Gasteiger charge is 2.46. The van der Waals surface area contributed by atoms with Crippen molar-refractivity contribution in [3.8, 4) is 0 Å². The van der Waals surface area contributed by atoms with Crippen molar-refractivity contribution in [2.45, 2.75) is 90.4 Å². The van der Waals surface area contributed by atoms with E-state index in [-0.39, 0.29) is 0 Å². The fraction of sp³-hybridized carbons (Fsp3) is 1.00. The van der Waals surface area contributed by atoms with E-state index in [0.29, 0.717) is 0 Å². The summed E-state index contributed by atoms with van der Waals surface area (Å²) >= 11 is 0. The summed E-state index contributed by atoms with van der Waals surface area (Å²) in [6, 6.07) is 0. The summed E-state index contributed by atoms with van der Waals surface area (Å²) in [5.41, 5.74) is 0.777. The number of fused-ring (bicyclic) bond motifs is 1. The van der Waals surface area contributed by atoms with Crippen LogP contribution in [0.4, 0.5) is 0 Å². The van der Waals surface area contributed by atoms with Crippen LogP contribution in [0.15, 0.2) is 0 Å². The van der Waals surface area contributed by atoms with Crippen LogP contribution in [-0.2, 0) is 0 Å². The maximum Gasteiger partial charge on any atom is -0.0269 e. The molecule has 0 spiro atoms. The van der Waals surface area contributed by atoms with Crippen molar-refractivity contribution in [1.82, 2.24) is 0 Å². The molecular formula is C18H32. The van der Waals surface area contributed by atoms with Crippen molar-refractivity contribution in [3.05, 3.63) is 0 Å². The lowest BCUT2D eigenvalue weighted by atomic mass is 9.53. The molecule has 0 aromatic carbocycles. The van der Waals surface area contributed by atoms with E-state index in [2.05, 4.69) is 6.92 Å². The second kappa shape index (κ2) is 5.55. The van der Waals surface area contributed by atoms with Gasteiger partial charge in [-0.05, 0) is 48.9 Å². The predicted octanol–water partition coefficient (Wildman–Crippen LogP) is 5.95. The Morgan fingerprint density at radius 2 is 1.50 bits per heavy atom. The summed E-state index contributed by atoms with van der Waals surface area (Å²) in [4.78, 5) is 0. The van der Waals surface area contributed by atoms with Gasteiger partial charge in [-0.1, -0.05) is 64.7 Å². The largest absolute Gasteiger partial charge is 0.0648 e. The Hall–Kier alpha value is 0. The standard InChI is InChI=1S/C18H32/c1-2-18(13-6-3-7-14-18)17-12-8-10-15-9-4-5-11-16(15)17/h15-17H,2-14H2,1H3. The molecule has 0 bridgehead atoms. The molecule has 18 heavy (non-hydrogen) atoms. The van der Waals surface area contributed by atoms with Gasteiger partial charge in [-0.3, -0.25) is 0 Å². The van der Waals surface area contributed by atoms with Gasteiger partial charge in [0.1, 0.15) is 0 Å². The van der Waals surface area contributed by atoms with Crippen LogP contribution >= 0.6 is 0 Å². The van der Waals surface area contributed by atoms with Crippen LogP contribution in [0.3, 0.4) is 0 Å². The van der Waals surface area contributed by atoms with E-state index in [4.69, 9.17) is 0 Å². The van der Waals surface area contributed by atoms with Crippen LogP contribution < -0.4 is 0 Å². The lowest BCUT2D eigenvalue weighted by Gasteiger charge is -2.52. The molecule has 0 aliphatic heterocycles. The lowest BCUT2D eigenvalue weighted by molar-refractivity contribution is -0.0211. The topological polar surface area (TPSA) is 0 Å². The minimum absolute atomic E-state index is 0.777. The molecule has 0 nitrogen and oxygen atoms in total. The molecule has 3 atom stereocenters. The van der Waals surface area contributed by atoms with E-state index in [1.54, 1.807) is 44.9 Å². The second-order valence-corrected chi connectivity index (χ2v) is 7.52. The van der Waals surface area contributed by atoms with Gasteiger partial charge in [-0.15, -0.1) is 0 Å². The molecule has 0 N–H and O–H groups in total. The Morgan fingerprint density at radius 3 is 2.28 bits per heavy atom. The fourth-order valence-corrected chi connectivity index (χ4v) is 5.94. The van der Waals surface area contributed by atoms with E-state index < -0.39 is 0 Å². The van der Waals surface area contributed by atoms with Gasteiger partial charge in [0.2, 0.25) is 0 Å². The highest BCUT2D eigenvalue weighted by atomic mass is 14.5. The maximum atomic E-state index is 2.50. The summed E-state index contributed by atoms with van der Waals surface area (Å²) in [5.74, 6) is 3.37. The molecule has 3 rings (SSSR count). The molecule has 0 saturated heterocycles. The molecule has 3 unspecified atom stereocenters. The Bertz CT molecular complexity index is 259.